The van der Waals surface area contributed by atoms with Crippen molar-refractivity contribution in [2.45, 2.75) is 13.8 Å². The average Bonchev–Trinajstić information content (AvgIpc) is 2.59. The van der Waals surface area contributed by atoms with Crippen molar-refractivity contribution < 1.29 is 13.6 Å². The third-order valence-electron chi connectivity index (χ3n) is 4.44. The summed E-state index contributed by atoms with van der Waals surface area (Å²) in [4.78, 5) is 16.4. The monoisotopic (exact) mass is 330 g/mol. The van der Waals surface area contributed by atoms with Gasteiger partial charge in [0.15, 0.2) is 11.6 Å². The molecule has 3 rings (SSSR count). The molecular weight excluding hydrogens is 310 g/mol. The lowest BCUT2D eigenvalue weighted by atomic mass is 10.1. The first kappa shape index (κ1) is 16.4. The number of nitrogens with zero attached hydrogens (tertiary/aromatic N) is 2. The van der Waals surface area contributed by atoms with Crippen molar-refractivity contribution in [1.82, 2.24) is 4.90 Å². The molecule has 126 valence electrons. The predicted octanol–water partition coefficient (Wildman–Crippen LogP) is 3.54. The Bertz CT molecular complexity index is 768. The molecule has 1 amide bonds. The van der Waals surface area contributed by atoms with Crippen LogP contribution in [-0.4, -0.2) is 37.0 Å². The van der Waals surface area contributed by atoms with Gasteiger partial charge in [-0.25, -0.2) is 8.78 Å². The van der Waals surface area contributed by atoms with Gasteiger partial charge in [-0.15, -0.1) is 0 Å². The van der Waals surface area contributed by atoms with Gasteiger partial charge in [0.1, 0.15) is 0 Å². The molecule has 0 spiro atoms. The Morgan fingerprint density at radius 2 is 1.62 bits per heavy atom. The van der Waals surface area contributed by atoms with Gasteiger partial charge in [0.05, 0.1) is 0 Å². The highest BCUT2D eigenvalue weighted by Crippen LogP contribution is 2.23. The highest BCUT2D eigenvalue weighted by molar-refractivity contribution is 5.94. The van der Waals surface area contributed by atoms with E-state index in [1.54, 1.807) is 4.90 Å². The Hall–Kier alpha value is -2.43. The molecule has 1 aliphatic rings. The van der Waals surface area contributed by atoms with Crippen molar-refractivity contribution in [1.29, 1.82) is 0 Å². The molecule has 5 heteroatoms. The third kappa shape index (κ3) is 3.25. The summed E-state index contributed by atoms with van der Waals surface area (Å²) in [6.45, 7) is 6.70. The standard InChI is InChI=1S/C19H20F2N2O/c1-13-3-4-14(2)18(11-13)22-7-9-23(10-8-22)19(24)15-5-6-16(20)17(21)12-15/h3-6,11-12H,7-10H2,1-2H3. The van der Waals surface area contributed by atoms with Crippen molar-refractivity contribution in [3.05, 3.63) is 64.7 Å². The first-order chi connectivity index (χ1) is 11.5. The summed E-state index contributed by atoms with van der Waals surface area (Å²) in [5.74, 6) is -2.18. The van der Waals surface area contributed by atoms with E-state index < -0.39 is 11.6 Å². The van der Waals surface area contributed by atoms with E-state index in [0.717, 1.165) is 25.2 Å². The highest BCUT2D eigenvalue weighted by Gasteiger charge is 2.23. The molecule has 0 aliphatic carbocycles. The van der Waals surface area contributed by atoms with Crippen molar-refractivity contribution in [2.75, 3.05) is 31.1 Å². The number of aryl methyl sites for hydroxylation is 2. The molecule has 0 unspecified atom stereocenters. The van der Waals surface area contributed by atoms with Gasteiger partial charge >= 0.3 is 0 Å². The number of amides is 1. The fraction of sp³-hybridized carbons (Fsp3) is 0.316. The van der Waals surface area contributed by atoms with Gasteiger partial charge in [-0.3, -0.25) is 4.79 Å². The van der Waals surface area contributed by atoms with E-state index in [-0.39, 0.29) is 11.5 Å². The van der Waals surface area contributed by atoms with E-state index in [4.69, 9.17) is 0 Å². The average molecular weight is 330 g/mol. The molecule has 0 radical (unpaired) electrons. The van der Waals surface area contributed by atoms with Crippen LogP contribution in [0.1, 0.15) is 21.5 Å². The summed E-state index contributed by atoms with van der Waals surface area (Å²) < 4.78 is 26.3. The highest BCUT2D eigenvalue weighted by atomic mass is 19.2. The number of carbonyl (C=O) groups excluding carboxylic acids is 1. The molecule has 3 nitrogen and oxygen atoms in total. The molecule has 2 aromatic rings. The maximum atomic E-state index is 13.3. The smallest absolute Gasteiger partial charge is 0.254 e. The van der Waals surface area contributed by atoms with E-state index in [0.29, 0.717) is 13.1 Å². The van der Waals surface area contributed by atoms with E-state index >= 15 is 0 Å². The summed E-state index contributed by atoms with van der Waals surface area (Å²) in [7, 11) is 0. The summed E-state index contributed by atoms with van der Waals surface area (Å²) >= 11 is 0. The van der Waals surface area contributed by atoms with Gasteiger partial charge in [0.2, 0.25) is 0 Å². The van der Waals surface area contributed by atoms with Crippen LogP contribution in [0.25, 0.3) is 0 Å². The van der Waals surface area contributed by atoms with Crippen LogP contribution in [0.5, 0.6) is 0 Å². The largest absolute Gasteiger partial charge is 0.368 e. The molecule has 1 fully saturated rings. The first-order valence-electron chi connectivity index (χ1n) is 8.02. The maximum absolute atomic E-state index is 13.3. The number of anilines is 1. The van der Waals surface area contributed by atoms with Crippen LogP contribution in [0.15, 0.2) is 36.4 Å². The van der Waals surface area contributed by atoms with Crippen LogP contribution in [0, 0.1) is 25.5 Å². The number of benzene rings is 2. The van der Waals surface area contributed by atoms with E-state index in [1.165, 1.54) is 22.9 Å². The zero-order valence-electron chi connectivity index (χ0n) is 13.9. The van der Waals surface area contributed by atoms with E-state index in [1.807, 2.05) is 0 Å². The molecule has 0 N–H and O–H groups in total. The van der Waals surface area contributed by atoms with Crippen molar-refractivity contribution in [3.63, 3.8) is 0 Å². The van der Waals surface area contributed by atoms with Gasteiger partial charge in [-0.2, -0.15) is 0 Å². The minimum absolute atomic E-state index is 0.189. The summed E-state index contributed by atoms with van der Waals surface area (Å²) in [6.07, 6.45) is 0. The fourth-order valence-corrected chi connectivity index (χ4v) is 3.02. The molecule has 1 aliphatic heterocycles. The molecule has 24 heavy (non-hydrogen) atoms. The number of hydrogen-bond donors (Lipinski definition) is 0. The number of hydrogen-bond acceptors (Lipinski definition) is 2. The molecule has 2 aromatic carbocycles. The fourth-order valence-electron chi connectivity index (χ4n) is 3.02. The molecular formula is C19H20F2N2O. The Morgan fingerprint density at radius 1 is 0.917 bits per heavy atom. The van der Waals surface area contributed by atoms with Gasteiger partial charge in [0, 0.05) is 37.4 Å². The number of halogens is 2. The number of carbonyl (C=O) groups is 1. The summed E-state index contributed by atoms with van der Waals surface area (Å²) in [6, 6.07) is 9.63. The quantitative estimate of drug-likeness (QED) is 0.841. The molecule has 0 atom stereocenters. The van der Waals surface area contributed by atoms with Crippen LogP contribution < -0.4 is 4.90 Å². The lowest BCUT2D eigenvalue weighted by Crippen LogP contribution is -2.49. The lowest BCUT2D eigenvalue weighted by Gasteiger charge is -2.37. The van der Waals surface area contributed by atoms with E-state index in [9.17, 15) is 13.6 Å². The van der Waals surface area contributed by atoms with Crippen LogP contribution in [-0.2, 0) is 0 Å². The minimum atomic E-state index is -0.991. The third-order valence-corrected chi connectivity index (χ3v) is 4.44. The molecule has 1 saturated heterocycles. The summed E-state index contributed by atoms with van der Waals surface area (Å²) in [5, 5.41) is 0. The van der Waals surface area contributed by atoms with Gasteiger partial charge in [-0.1, -0.05) is 12.1 Å². The van der Waals surface area contributed by atoms with Crippen molar-refractivity contribution >= 4 is 11.6 Å². The van der Waals surface area contributed by atoms with Gasteiger partial charge in [-0.05, 0) is 49.2 Å². The second kappa shape index (κ2) is 6.59. The second-order valence-corrected chi connectivity index (χ2v) is 6.20. The summed E-state index contributed by atoms with van der Waals surface area (Å²) in [5.41, 5.74) is 3.79. The number of rotatable bonds is 2. The Balaban J connectivity index is 1.69. The van der Waals surface area contributed by atoms with Gasteiger partial charge < -0.3 is 9.80 Å². The van der Waals surface area contributed by atoms with Crippen LogP contribution >= 0.6 is 0 Å². The molecule has 0 bridgehead atoms. The zero-order valence-corrected chi connectivity index (χ0v) is 13.9. The van der Waals surface area contributed by atoms with Crippen LogP contribution in [0.4, 0.5) is 14.5 Å². The predicted molar refractivity (Wildman–Crippen MR) is 90.4 cm³/mol. The molecule has 1 heterocycles. The SMILES string of the molecule is Cc1ccc(C)c(N2CCN(C(=O)c3ccc(F)c(F)c3)CC2)c1. The maximum Gasteiger partial charge on any atom is 0.254 e. The van der Waals surface area contributed by atoms with Crippen molar-refractivity contribution in [2.24, 2.45) is 0 Å². The number of piperazine rings is 1. The first-order valence-corrected chi connectivity index (χ1v) is 8.02. The van der Waals surface area contributed by atoms with E-state index in [2.05, 4.69) is 36.9 Å². The minimum Gasteiger partial charge on any atom is -0.368 e. The Morgan fingerprint density at radius 3 is 2.29 bits per heavy atom. The molecule has 0 saturated carbocycles. The zero-order chi connectivity index (χ0) is 17.3. The van der Waals surface area contributed by atoms with Crippen LogP contribution in [0.3, 0.4) is 0 Å². The Kier molecular flexibility index (Phi) is 4.51. The molecule has 0 aromatic heterocycles. The topological polar surface area (TPSA) is 23.6 Å². The lowest BCUT2D eigenvalue weighted by molar-refractivity contribution is 0.0746. The second-order valence-electron chi connectivity index (χ2n) is 6.20. The van der Waals surface area contributed by atoms with Crippen LogP contribution in [0.2, 0.25) is 0 Å². The Labute approximate surface area is 140 Å². The van der Waals surface area contributed by atoms with Crippen molar-refractivity contribution in [3.8, 4) is 0 Å². The normalized spacial score (nSPS) is 14.8. The van der Waals surface area contributed by atoms with Gasteiger partial charge in [0.25, 0.3) is 5.91 Å².